The number of nitrogens with one attached hydrogen (secondary N) is 2. The second-order valence-corrected chi connectivity index (χ2v) is 5.08. The van der Waals surface area contributed by atoms with Crippen molar-refractivity contribution in [2.24, 2.45) is 5.73 Å². The van der Waals surface area contributed by atoms with Gasteiger partial charge in [-0.25, -0.2) is 0 Å². The van der Waals surface area contributed by atoms with E-state index in [1.54, 1.807) is 24.3 Å². The van der Waals surface area contributed by atoms with Gasteiger partial charge >= 0.3 is 0 Å². The van der Waals surface area contributed by atoms with Crippen molar-refractivity contribution in [2.75, 3.05) is 18.5 Å². The molecule has 0 bridgehead atoms. The molecule has 0 aromatic heterocycles. The molecule has 1 unspecified atom stereocenters. The first-order chi connectivity index (χ1) is 10.1. The molecule has 114 valence electrons. The van der Waals surface area contributed by atoms with Gasteiger partial charge in [-0.2, -0.15) is 0 Å². The average molecular weight is 291 g/mol. The van der Waals surface area contributed by atoms with Gasteiger partial charge in [-0.15, -0.1) is 0 Å². The zero-order chi connectivity index (χ0) is 15.1. The summed E-state index contributed by atoms with van der Waals surface area (Å²) >= 11 is 0. The number of piperidine rings is 1. The summed E-state index contributed by atoms with van der Waals surface area (Å²) in [6, 6.07) is 6.96. The van der Waals surface area contributed by atoms with E-state index in [0.717, 1.165) is 31.5 Å². The summed E-state index contributed by atoms with van der Waals surface area (Å²) in [7, 11) is 0. The number of anilines is 1. The molecule has 0 spiro atoms. The number of rotatable bonds is 6. The summed E-state index contributed by atoms with van der Waals surface area (Å²) in [5, 5.41) is 6.09. The van der Waals surface area contributed by atoms with Crippen LogP contribution < -0.4 is 21.1 Å². The second kappa shape index (κ2) is 7.64. The Kier molecular flexibility index (Phi) is 5.57. The minimum atomic E-state index is -0.390. The summed E-state index contributed by atoms with van der Waals surface area (Å²) in [6.07, 6.45) is 3.27. The van der Waals surface area contributed by atoms with E-state index in [1.807, 2.05) is 0 Å². The number of carbonyl (C=O) groups excluding carboxylic acids is 2. The molecule has 0 aliphatic carbocycles. The minimum Gasteiger partial charge on any atom is -0.493 e. The molecule has 1 atom stereocenters. The average Bonchev–Trinajstić information content (AvgIpc) is 2.49. The second-order valence-electron chi connectivity index (χ2n) is 5.08. The van der Waals surface area contributed by atoms with Crippen molar-refractivity contribution in [3.63, 3.8) is 0 Å². The van der Waals surface area contributed by atoms with Crippen LogP contribution in [-0.2, 0) is 9.59 Å². The third-order valence-electron chi connectivity index (χ3n) is 3.37. The van der Waals surface area contributed by atoms with Crippen molar-refractivity contribution < 1.29 is 14.3 Å². The molecule has 6 nitrogen and oxygen atoms in total. The fraction of sp³-hybridized carbons (Fsp3) is 0.467. The van der Waals surface area contributed by atoms with Crippen LogP contribution in [0, 0.1) is 0 Å². The molecular weight excluding hydrogens is 270 g/mol. The number of primary amides is 1. The number of hydrogen-bond acceptors (Lipinski definition) is 4. The van der Waals surface area contributed by atoms with Gasteiger partial charge in [-0.3, -0.25) is 9.59 Å². The summed E-state index contributed by atoms with van der Waals surface area (Å²) < 4.78 is 5.37. The first kappa shape index (κ1) is 15.3. The van der Waals surface area contributed by atoms with Crippen LogP contribution in [0.3, 0.4) is 0 Å². The Morgan fingerprint density at radius 2 is 2.05 bits per heavy atom. The fourth-order valence-corrected chi connectivity index (χ4v) is 2.21. The smallest absolute Gasteiger partial charge is 0.241 e. The molecular formula is C15H21N3O3. The number of ether oxygens (including phenoxy) is 1. The molecule has 1 aromatic rings. The van der Waals surface area contributed by atoms with Gasteiger partial charge in [0.05, 0.1) is 19.1 Å². The summed E-state index contributed by atoms with van der Waals surface area (Å²) in [5.74, 6) is 0.251. The first-order valence-electron chi connectivity index (χ1n) is 7.20. The lowest BCUT2D eigenvalue weighted by atomic mass is 10.0. The minimum absolute atomic E-state index is 0.00269. The molecule has 0 saturated carbocycles. The molecule has 2 rings (SSSR count). The Hall–Kier alpha value is -2.08. The zero-order valence-electron chi connectivity index (χ0n) is 11.9. The lowest BCUT2D eigenvalue weighted by molar-refractivity contribution is -0.119. The lowest BCUT2D eigenvalue weighted by Gasteiger charge is -2.22. The quantitative estimate of drug-likeness (QED) is 0.729. The predicted octanol–water partition coefficient (Wildman–Crippen LogP) is 1.02. The molecule has 1 saturated heterocycles. The maximum atomic E-state index is 12.0. The Morgan fingerprint density at radius 1 is 1.29 bits per heavy atom. The number of benzene rings is 1. The Labute approximate surface area is 124 Å². The monoisotopic (exact) mass is 291 g/mol. The van der Waals surface area contributed by atoms with Crippen LogP contribution in [0.4, 0.5) is 5.69 Å². The molecule has 4 N–H and O–H groups in total. The predicted molar refractivity (Wildman–Crippen MR) is 80.0 cm³/mol. The molecule has 1 aliphatic heterocycles. The van der Waals surface area contributed by atoms with E-state index in [4.69, 9.17) is 10.5 Å². The maximum Gasteiger partial charge on any atom is 0.241 e. The van der Waals surface area contributed by atoms with Crippen LogP contribution in [0.15, 0.2) is 24.3 Å². The van der Waals surface area contributed by atoms with Crippen LogP contribution >= 0.6 is 0 Å². The van der Waals surface area contributed by atoms with Crippen molar-refractivity contribution >= 4 is 17.5 Å². The number of hydrogen-bond donors (Lipinski definition) is 3. The lowest BCUT2D eigenvalue weighted by Crippen LogP contribution is -2.43. The fourth-order valence-electron chi connectivity index (χ4n) is 2.21. The third kappa shape index (κ3) is 5.07. The van der Waals surface area contributed by atoms with E-state index in [1.165, 1.54) is 0 Å². The van der Waals surface area contributed by atoms with E-state index in [2.05, 4.69) is 10.6 Å². The first-order valence-corrected chi connectivity index (χ1v) is 7.20. The van der Waals surface area contributed by atoms with Gasteiger partial charge in [0.1, 0.15) is 5.75 Å². The standard InChI is InChI=1S/C15H21N3O3/c16-14(19)8-10-21-12-6-4-11(5-7-12)18-15(20)13-3-1-2-9-17-13/h4-7,13,17H,1-3,8-10H2,(H2,16,19)(H,18,20). The number of nitrogens with two attached hydrogens (primary N) is 1. The molecule has 0 radical (unpaired) electrons. The Bertz CT molecular complexity index is 481. The molecule has 6 heteroatoms. The SMILES string of the molecule is NC(=O)CCOc1ccc(NC(=O)C2CCCCN2)cc1. The Balaban J connectivity index is 1.81. The molecule has 1 aromatic carbocycles. The van der Waals surface area contributed by atoms with Gasteiger partial charge in [0.25, 0.3) is 0 Å². The van der Waals surface area contributed by atoms with Crippen molar-refractivity contribution in [3.05, 3.63) is 24.3 Å². The van der Waals surface area contributed by atoms with E-state index in [0.29, 0.717) is 5.75 Å². The summed E-state index contributed by atoms with van der Waals surface area (Å²) in [5.41, 5.74) is 5.77. The van der Waals surface area contributed by atoms with Gasteiger partial charge in [0, 0.05) is 5.69 Å². The van der Waals surface area contributed by atoms with Gasteiger partial charge in [0.2, 0.25) is 11.8 Å². The largest absolute Gasteiger partial charge is 0.493 e. The molecule has 1 fully saturated rings. The molecule has 2 amide bonds. The van der Waals surface area contributed by atoms with Gasteiger partial charge in [-0.1, -0.05) is 6.42 Å². The van der Waals surface area contributed by atoms with Crippen LogP contribution in [0.25, 0.3) is 0 Å². The molecule has 21 heavy (non-hydrogen) atoms. The van der Waals surface area contributed by atoms with Crippen molar-refractivity contribution in [1.82, 2.24) is 5.32 Å². The van der Waals surface area contributed by atoms with Crippen molar-refractivity contribution in [3.8, 4) is 5.75 Å². The molecule has 1 heterocycles. The topological polar surface area (TPSA) is 93.5 Å². The normalized spacial score (nSPS) is 18.0. The van der Waals surface area contributed by atoms with Gasteiger partial charge in [-0.05, 0) is 43.7 Å². The van der Waals surface area contributed by atoms with Crippen LogP contribution in [0.2, 0.25) is 0 Å². The summed E-state index contributed by atoms with van der Waals surface area (Å²) in [6.45, 7) is 1.15. The van der Waals surface area contributed by atoms with E-state index in [-0.39, 0.29) is 30.9 Å². The Morgan fingerprint density at radius 3 is 2.67 bits per heavy atom. The zero-order valence-corrected chi connectivity index (χ0v) is 11.9. The highest BCUT2D eigenvalue weighted by Gasteiger charge is 2.20. The third-order valence-corrected chi connectivity index (χ3v) is 3.37. The van der Waals surface area contributed by atoms with Crippen molar-refractivity contribution in [1.29, 1.82) is 0 Å². The van der Waals surface area contributed by atoms with Gasteiger partial charge in [0.15, 0.2) is 0 Å². The van der Waals surface area contributed by atoms with Crippen LogP contribution in [0.1, 0.15) is 25.7 Å². The highest BCUT2D eigenvalue weighted by atomic mass is 16.5. The van der Waals surface area contributed by atoms with Gasteiger partial charge < -0.3 is 21.1 Å². The van der Waals surface area contributed by atoms with Crippen LogP contribution in [-0.4, -0.2) is 31.0 Å². The van der Waals surface area contributed by atoms with Crippen LogP contribution in [0.5, 0.6) is 5.75 Å². The molecule has 1 aliphatic rings. The number of amides is 2. The van der Waals surface area contributed by atoms with E-state index >= 15 is 0 Å². The van der Waals surface area contributed by atoms with E-state index in [9.17, 15) is 9.59 Å². The summed E-state index contributed by atoms with van der Waals surface area (Å²) in [4.78, 5) is 22.6. The highest BCUT2D eigenvalue weighted by molar-refractivity contribution is 5.94. The van der Waals surface area contributed by atoms with E-state index < -0.39 is 0 Å². The maximum absolute atomic E-state index is 12.0. The van der Waals surface area contributed by atoms with Crippen molar-refractivity contribution in [2.45, 2.75) is 31.7 Å². The highest BCUT2D eigenvalue weighted by Crippen LogP contribution is 2.17. The number of carbonyl (C=O) groups is 2.